The fourth-order valence-corrected chi connectivity index (χ4v) is 3.93. The van der Waals surface area contributed by atoms with Crippen LogP contribution in [0.15, 0.2) is 45.1 Å². The van der Waals surface area contributed by atoms with Crippen LogP contribution in [-0.2, 0) is 19.3 Å². The molecule has 2 aromatic heterocycles. The first-order valence-electron chi connectivity index (χ1n) is 8.98. The standard InChI is InChI=1S/C19H24N4O2S/c1-3-4-5-9-12-23-15-16(22(2)18(25)21-17(15)24)20-19(23)26-13-14-10-7-6-8-11-14/h6-8,10-11H,3-5,9,12-13H2,1-2H3,(H,21,24,25). The van der Waals surface area contributed by atoms with Gasteiger partial charge in [-0.05, 0) is 12.0 Å². The summed E-state index contributed by atoms with van der Waals surface area (Å²) in [6.45, 7) is 2.91. The topological polar surface area (TPSA) is 72.7 Å². The summed E-state index contributed by atoms with van der Waals surface area (Å²) in [4.78, 5) is 31.3. The van der Waals surface area contributed by atoms with E-state index in [-0.39, 0.29) is 5.56 Å². The molecule has 0 atom stereocenters. The first kappa shape index (κ1) is 18.5. The summed E-state index contributed by atoms with van der Waals surface area (Å²) in [6.07, 6.45) is 4.44. The second kappa shape index (κ2) is 8.40. The zero-order valence-electron chi connectivity index (χ0n) is 15.2. The van der Waals surface area contributed by atoms with Crippen molar-refractivity contribution in [2.24, 2.45) is 7.05 Å². The van der Waals surface area contributed by atoms with Crippen molar-refractivity contribution in [2.45, 2.75) is 50.1 Å². The quantitative estimate of drug-likeness (QED) is 0.486. The van der Waals surface area contributed by atoms with Crippen molar-refractivity contribution >= 4 is 22.9 Å². The van der Waals surface area contributed by atoms with E-state index < -0.39 is 5.69 Å². The number of imidazole rings is 1. The van der Waals surface area contributed by atoms with Gasteiger partial charge in [-0.15, -0.1) is 0 Å². The monoisotopic (exact) mass is 372 g/mol. The summed E-state index contributed by atoms with van der Waals surface area (Å²) in [6, 6.07) is 10.2. The molecule has 0 amide bonds. The molecule has 0 aliphatic heterocycles. The maximum atomic E-state index is 12.4. The highest BCUT2D eigenvalue weighted by Crippen LogP contribution is 2.25. The normalized spacial score (nSPS) is 11.3. The summed E-state index contributed by atoms with van der Waals surface area (Å²) >= 11 is 1.60. The minimum Gasteiger partial charge on any atom is -0.313 e. The Hall–Kier alpha value is -2.28. The summed E-state index contributed by atoms with van der Waals surface area (Å²) in [5.74, 6) is 0.769. The molecule has 0 fully saturated rings. The van der Waals surface area contributed by atoms with Gasteiger partial charge in [0.1, 0.15) is 0 Å². The third-order valence-corrected chi connectivity index (χ3v) is 5.47. The Morgan fingerprint density at radius 2 is 1.88 bits per heavy atom. The van der Waals surface area contributed by atoms with Crippen molar-refractivity contribution in [3.8, 4) is 0 Å². The maximum Gasteiger partial charge on any atom is 0.329 e. The lowest BCUT2D eigenvalue weighted by atomic mass is 10.2. The molecule has 0 spiro atoms. The van der Waals surface area contributed by atoms with Gasteiger partial charge in [0.15, 0.2) is 16.3 Å². The van der Waals surface area contributed by atoms with Gasteiger partial charge in [0.25, 0.3) is 5.56 Å². The summed E-state index contributed by atoms with van der Waals surface area (Å²) in [7, 11) is 1.64. The Kier molecular flexibility index (Phi) is 5.98. The Balaban J connectivity index is 1.96. The Morgan fingerprint density at radius 3 is 2.62 bits per heavy atom. The van der Waals surface area contributed by atoms with Gasteiger partial charge in [0, 0.05) is 19.3 Å². The number of nitrogens with one attached hydrogen (secondary N) is 1. The largest absolute Gasteiger partial charge is 0.329 e. The third-order valence-electron chi connectivity index (χ3n) is 4.42. The van der Waals surface area contributed by atoms with E-state index in [4.69, 9.17) is 0 Å². The number of H-pyrrole nitrogens is 1. The molecule has 7 heteroatoms. The lowest BCUT2D eigenvalue weighted by Gasteiger charge is -2.08. The molecule has 0 aliphatic rings. The molecule has 1 N–H and O–H groups in total. The fourth-order valence-electron chi connectivity index (χ4n) is 2.95. The Bertz CT molecular complexity index is 988. The number of hydrogen-bond acceptors (Lipinski definition) is 4. The van der Waals surface area contributed by atoms with Crippen LogP contribution in [0.2, 0.25) is 0 Å². The van der Waals surface area contributed by atoms with Crippen molar-refractivity contribution in [3.63, 3.8) is 0 Å². The lowest BCUT2D eigenvalue weighted by molar-refractivity contribution is 0.562. The number of fused-ring (bicyclic) bond motifs is 1. The van der Waals surface area contributed by atoms with E-state index in [0.717, 1.165) is 36.7 Å². The number of hydrogen-bond donors (Lipinski definition) is 1. The van der Waals surface area contributed by atoms with Crippen LogP contribution in [0.25, 0.3) is 11.2 Å². The van der Waals surface area contributed by atoms with E-state index in [1.54, 1.807) is 18.8 Å². The van der Waals surface area contributed by atoms with Gasteiger partial charge in [-0.1, -0.05) is 68.3 Å². The molecular weight excluding hydrogens is 348 g/mol. The second-order valence-electron chi connectivity index (χ2n) is 6.37. The molecule has 0 radical (unpaired) electrons. The molecule has 0 bridgehead atoms. The van der Waals surface area contributed by atoms with Crippen LogP contribution in [0.1, 0.15) is 38.2 Å². The van der Waals surface area contributed by atoms with Crippen molar-refractivity contribution in [2.75, 3.05) is 0 Å². The van der Waals surface area contributed by atoms with E-state index in [1.807, 2.05) is 22.8 Å². The number of unbranched alkanes of at least 4 members (excludes halogenated alkanes) is 3. The van der Waals surface area contributed by atoms with E-state index in [2.05, 4.69) is 29.0 Å². The number of aromatic nitrogens is 4. The molecule has 3 rings (SSSR count). The van der Waals surface area contributed by atoms with Gasteiger partial charge < -0.3 is 4.57 Å². The molecule has 0 aliphatic carbocycles. The van der Waals surface area contributed by atoms with Gasteiger partial charge >= 0.3 is 5.69 Å². The third kappa shape index (κ3) is 3.93. The van der Waals surface area contributed by atoms with Gasteiger partial charge in [-0.25, -0.2) is 9.78 Å². The van der Waals surface area contributed by atoms with Crippen LogP contribution in [0.5, 0.6) is 0 Å². The Morgan fingerprint density at radius 1 is 1.12 bits per heavy atom. The zero-order valence-corrected chi connectivity index (χ0v) is 16.0. The fraction of sp³-hybridized carbons (Fsp3) is 0.421. The van der Waals surface area contributed by atoms with E-state index >= 15 is 0 Å². The molecule has 0 saturated heterocycles. The van der Waals surface area contributed by atoms with Crippen molar-refractivity contribution in [3.05, 3.63) is 56.7 Å². The van der Waals surface area contributed by atoms with Crippen LogP contribution in [0.4, 0.5) is 0 Å². The van der Waals surface area contributed by atoms with E-state index in [0.29, 0.717) is 11.2 Å². The number of aryl methyl sites for hydroxylation is 2. The first-order chi connectivity index (χ1) is 12.6. The number of benzene rings is 1. The lowest BCUT2D eigenvalue weighted by Crippen LogP contribution is -2.29. The smallest absolute Gasteiger partial charge is 0.313 e. The molecule has 1 aromatic carbocycles. The summed E-state index contributed by atoms with van der Waals surface area (Å²) in [5.41, 5.74) is 1.34. The average Bonchev–Trinajstić information content (AvgIpc) is 3.02. The van der Waals surface area contributed by atoms with Crippen LogP contribution in [0.3, 0.4) is 0 Å². The molecule has 3 aromatic rings. The van der Waals surface area contributed by atoms with E-state index in [9.17, 15) is 9.59 Å². The predicted molar refractivity (Wildman–Crippen MR) is 106 cm³/mol. The van der Waals surface area contributed by atoms with Crippen molar-refractivity contribution < 1.29 is 0 Å². The van der Waals surface area contributed by atoms with Gasteiger partial charge in [0.05, 0.1) is 0 Å². The molecule has 0 saturated carbocycles. The average molecular weight is 372 g/mol. The SMILES string of the molecule is CCCCCCn1c(SCc2ccccc2)nc2c1c(=O)[nH]c(=O)n2C. The highest BCUT2D eigenvalue weighted by molar-refractivity contribution is 7.98. The summed E-state index contributed by atoms with van der Waals surface area (Å²) in [5, 5.41) is 0.784. The number of rotatable bonds is 8. The van der Waals surface area contributed by atoms with Crippen LogP contribution < -0.4 is 11.2 Å². The predicted octanol–water partition coefficient (Wildman–Crippen LogP) is 3.30. The number of aromatic amines is 1. The highest BCUT2D eigenvalue weighted by Gasteiger charge is 2.17. The molecular formula is C19H24N4O2S. The minimum atomic E-state index is -0.433. The van der Waals surface area contributed by atoms with Crippen molar-refractivity contribution in [1.82, 2.24) is 19.1 Å². The van der Waals surface area contributed by atoms with E-state index in [1.165, 1.54) is 16.6 Å². The summed E-state index contributed by atoms with van der Waals surface area (Å²) < 4.78 is 3.38. The van der Waals surface area contributed by atoms with Crippen LogP contribution >= 0.6 is 11.8 Å². The number of nitrogens with zero attached hydrogens (tertiary/aromatic N) is 3. The second-order valence-corrected chi connectivity index (χ2v) is 7.31. The molecule has 6 nitrogen and oxygen atoms in total. The molecule has 0 unspecified atom stereocenters. The highest BCUT2D eigenvalue weighted by atomic mass is 32.2. The first-order valence-corrected chi connectivity index (χ1v) is 9.96. The van der Waals surface area contributed by atoms with Crippen LogP contribution in [-0.4, -0.2) is 19.1 Å². The van der Waals surface area contributed by atoms with Gasteiger partial charge in [0.2, 0.25) is 0 Å². The Labute approximate surface area is 156 Å². The van der Waals surface area contributed by atoms with Gasteiger partial charge in [-0.2, -0.15) is 0 Å². The molecule has 26 heavy (non-hydrogen) atoms. The molecule has 138 valence electrons. The molecule has 2 heterocycles. The minimum absolute atomic E-state index is 0.363. The maximum absolute atomic E-state index is 12.4. The van der Waals surface area contributed by atoms with Crippen molar-refractivity contribution in [1.29, 1.82) is 0 Å². The van der Waals surface area contributed by atoms with Crippen LogP contribution in [0, 0.1) is 0 Å². The van der Waals surface area contributed by atoms with Gasteiger partial charge in [-0.3, -0.25) is 14.3 Å². The number of thioether (sulfide) groups is 1. The zero-order chi connectivity index (χ0) is 18.5.